The molecule has 4 rings (SSSR count). The smallest absolute Gasteiger partial charge is 0.253 e. The predicted molar refractivity (Wildman–Crippen MR) is 98.9 cm³/mol. The lowest BCUT2D eigenvalue weighted by Crippen LogP contribution is -2.33. The van der Waals surface area contributed by atoms with Gasteiger partial charge in [0.15, 0.2) is 0 Å². The summed E-state index contributed by atoms with van der Waals surface area (Å²) >= 11 is 0. The molecule has 1 atom stereocenters. The Kier molecular flexibility index (Phi) is 4.35. The Hall–Kier alpha value is -2.49. The van der Waals surface area contributed by atoms with Crippen molar-refractivity contribution >= 4 is 16.8 Å². The maximum absolute atomic E-state index is 12.8. The summed E-state index contributed by atoms with van der Waals surface area (Å²) in [7, 11) is 0. The van der Waals surface area contributed by atoms with Crippen LogP contribution in [0.15, 0.2) is 41.0 Å². The molecule has 130 valence electrons. The van der Waals surface area contributed by atoms with Gasteiger partial charge in [0.05, 0.1) is 17.3 Å². The van der Waals surface area contributed by atoms with Gasteiger partial charge in [0.2, 0.25) is 0 Å². The van der Waals surface area contributed by atoms with Crippen molar-refractivity contribution in [2.45, 2.75) is 51.5 Å². The molecular weight excluding hydrogens is 312 g/mol. The fraction of sp³-hybridized carbons (Fsp3) is 0.381. The van der Waals surface area contributed by atoms with E-state index in [9.17, 15) is 4.79 Å². The summed E-state index contributed by atoms with van der Waals surface area (Å²) in [6.45, 7) is 2.04. The number of amides is 1. The number of nitrogens with one attached hydrogen (secondary N) is 2. The van der Waals surface area contributed by atoms with Crippen LogP contribution in [-0.4, -0.2) is 16.9 Å². The summed E-state index contributed by atoms with van der Waals surface area (Å²) in [6.07, 6.45) is 8.04. The van der Waals surface area contributed by atoms with Gasteiger partial charge in [-0.05, 0) is 62.8 Å². The molecule has 2 heterocycles. The molecule has 4 heteroatoms. The minimum atomic E-state index is -0.00357. The van der Waals surface area contributed by atoms with E-state index in [0.29, 0.717) is 0 Å². The SMILES string of the molecule is CC(CCc1ccco1)NC(=O)c1cccc2c3c([nH]c12)CCCC3. The molecule has 0 spiro atoms. The zero-order valence-corrected chi connectivity index (χ0v) is 14.6. The summed E-state index contributed by atoms with van der Waals surface area (Å²) < 4.78 is 5.36. The third-order valence-electron chi connectivity index (χ3n) is 5.16. The van der Waals surface area contributed by atoms with Crippen molar-refractivity contribution in [2.24, 2.45) is 0 Å². The lowest BCUT2D eigenvalue weighted by atomic mass is 9.95. The van der Waals surface area contributed by atoms with E-state index in [1.807, 2.05) is 31.2 Å². The number of aryl methyl sites for hydroxylation is 3. The molecule has 0 aliphatic heterocycles. The molecule has 2 N–H and O–H groups in total. The van der Waals surface area contributed by atoms with Crippen molar-refractivity contribution < 1.29 is 9.21 Å². The van der Waals surface area contributed by atoms with Gasteiger partial charge in [-0.2, -0.15) is 0 Å². The third kappa shape index (κ3) is 3.21. The van der Waals surface area contributed by atoms with Crippen LogP contribution in [0, 0.1) is 0 Å². The Balaban J connectivity index is 1.50. The molecule has 1 aromatic carbocycles. The van der Waals surface area contributed by atoms with Crippen molar-refractivity contribution in [3.63, 3.8) is 0 Å². The Bertz CT molecular complexity index is 877. The normalized spacial score (nSPS) is 15.1. The molecule has 0 saturated heterocycles. The summed E-state index contributed by atoms with van der Waals surface area (Å²) in [5, 5.41) is 4.34. The van der Waals surface area contributed by atoms with E-state index in [2.05, 4.69) is 16.4 Å². The number of hydrogen-bond donors (Lipinski definition) is 2. The standard InChI is InChI=1S/C21H24N2O2/c1-14(11-12-15-6-5-13-25-15)22-21(24)18-9-4-8-17-16-7-2-3-10-19(16)23-20(17)18/h4-6,8-9,13-14,23H,2-3,7,10-12H2,1H3,(H,22,24). The number of benzene rings is 1. The zero-order chi connectivity index (χ0) is 17.2. The number of fused-ring (bicyclic) bond motifs is 3. The maximum Gasteiger partial charge on any atom is 0.253 e. The number of hydrogen-bond acceptors (Lipinski definition) is 2. The van der Waals surface area contributed by atoms with Gasteiger partial charge in [0.1, 0.15) is 5.76 Å². The van der Waals surface area contributed by atoms with Crippen LogP contribution in [0.1, 0.15) is 53.6 Å². The second-order valence-electron chi connectivity index (χ2n) is 7.01. The average Bonchev–Trinajstić information content (AvgIpc) is 3.27. The van der Waals surface area contributed by atoms with Gasteiger partial charge < -0.3 is 14.7 Å². The molecule has 1 aliphatic carbocycles. The van der Waals surface area contributed by atoms with E-state index in [1.165, 1.54) is 29.5 Å². The molecule has 1 aliphatic rings. The number of carbonyl (C=O) groups is 1. The fourth-order valence-electron chi connectivity index (χ4n) is 3.81. The summed E-state index contributed by atoms with van der Waals surface area (Å²) in [4.78, 5) is 16.3. The molecular formula is C21H24N2O2. The molecule has 4 nitrogen and oxygen atoms in total. The zero-order valence-electron chi connectivity index (χ0n) is 14.6. The van der Waals surface area contributed by atoms with Crippen LogP contribution >= 0.6 is 0 Å². The number of para-hydroxylation sites is 1. The van der Waals surface area contributed by atoms with Crippen molar-refractivity contribution in [3.8, 4) is 0 Å². The van der Waals surface area contributed by atoms with E-state index >= 15 is 0 Å². The first-order valence-corrected chi connectivity index (χ1v) is 9.18. The Morgan fingerprint density at radius 1 is 1.24 bits per heavy atom. The Morgan fingerprint density at radius 2 is 2.12 bits per heavy atom. The van der Waals surface area contributed by atoms with Gasteiger partial charge in [0.25, 0.3) is 5.91 Å². The van der Waals surface area contributed by atoms with Crippen molar-refractivity contribution in [3.05, 3.63) is 59.2 Å². The number of furan rings is 1. The Labute approximate surface area is 147 Å². The van der Waals surface area contributed by atoms with Gasteiger partial charge in [0, 0.05) is 23.5 Å². The highest BCUT2D eigenvalue weighted by Crippen LogP contribution is 2.30. The quantitative estimate of drug-likeness (QED) is 0.726. The number of rotatable bonds is 5. The topological polar surface area (TPSA) is 58.0 Å². The molecule has 3 aromatic rings. The first-order valence-electron chi connectivity index (χ1n) is 9.18. The second kappa shape index (κ2) is 6.79. The lowest BCUT2D eigenvalue weighted by molar-refractivity contribution is 0.0939. The molecule has 0 fully saturated rings. The number of carbonyl (C=O) groups excluding carboxylic acids is 1. The molecule has 0 saturated carbocycles. The highest BCUT2D eigenvalue weighted by atomic mass is 16.3. The molecule has 1 unspecified atom stereocenters. The van der Waals surface area contributed by atoms with E-state index in [1.54, 1.807) is 6.26 Å². The van der Waals surface area contributed by atoms with Gasteiger partial charge in [-0.25, -0.2) is 0 Å². The average molecular weight is 336 g/mol. The highest BCUT2D eigenvalue weighted by Gasteiger charge is 2.20. The minimum Gasteiger partial charge on any atom is -0.469 e. The maximum atomic E-state index is 12.8. The fourth-order valence-corrected chi connectivity index (χ4v) is 3.81. The van der Waals surface area contributed by atoms with Crippen LogP contribution in [-0.2, 0) is 19.3 Å². The number of aromatic nitrogens is 1. The molecule has 1 amide bonds. The van der Waals surface area contributed by atoms with Gasteiger partial charge >= 0.3 is 0 Å². The molecule has 0 bridgehead atoms. The van der Waals surface area contributed by atoms with Crippen LogP contribution in [0.5, 0.6) is 0 Å². The summed E-state index contributed by atoms with van der Waals surface area (Å²) in [5.74, 6) is 0.955. The van der Waals surface area contributed by atoms with E-state index in [0.717, 1.165) is 42.5 Å². The van der Waals surface area contributed by atoms with Crippen LogP contribution < -0.4 is 5.32 Å². The first-order chi connectivity index (χ1) is 12.2. The van der Waals surface area contributed by atoms with Crippen LogP contribution in [0.4, 0.5) is 0 Å². The van der Waals surface area contributed by atoms with Crippen molar-refractivity contribution in [1.29, 1.82) is 0 Å². The highest BCUT2D eigenvalue weighted by molar-refractivity contribution is 6.06. The largest absolute Gasteiger partial charge is 0.469 e. The lowest BCUT2D eigenvalue weighted by Gasteiger charge is -2.13. The third-order valence-corrected chi connectivity index (χ3v) is 5.16. The van der Waals surface area contributed by atoms with E-state index < -0.39 is 0 Å². The summed E-state index contributed by atoms with van der Waals surface area (Å²) in [5.41, 5.74) is 4.45. The van der Waals surface area contributed by atoms with Crippen LogP contribution in [0.25, 0.3) is 10.9 Å². The predicted octanol–water partition coefficient (Wildman–Crippen LogP) is 4.39. The van der Waals surface area contributed by atoms with Crippen LogP contribution in [0.2, 0.25) is 0 Å². The monoisotopic (exact) mass is 336 g/mol. The molecule has 2 aromatic heterocycles. The molecule has 0 radical (unpaired) electrons. The Morgan fingerprint density at radius 3 is 2.96 bits per heavy atom. The number of H-pyrrole nitrogens is 1. The van der Waals surface area contributed by atoms with E-state index in [4.69, 9.17) is 4.42 Å². The first kappa shape index (κ1) is 16.0. The van der Waals surface area contributed by atoms with Gasteiger partial charge in [-0.3, -0.25) is 4.79 Å². The van der Waals surface area contributed by atoms with E-state index in [-0.39, 0.29) is 11.9 Å². The van der Waals surface area contributed by atoms with Gasteiger partial charge in [-0.1, -0.05) is 12.1 Å². The summed E-state index contributed by atoms with van der Waals surface area (Å²) in [6, 6.07) is 10.0. The molecule has 25 heavy (non-hydrogen) atoms. The van der Waals surface area contributed by atoms with Gasteiger partial charge in [-0.15, -0.1) is 0 Å². The second-order valence-corrected chi connectivity index (χ2v) is 7.01. The van der Waals surface area contributed by atoms with Crippen LogP contribution in [0.3, 0.4) is 0 Å². The van der Waals surface area contributed by atoms with Crippen molar-refractivity contribution in [1.82, 2.24) is 10.3 Å². The minimum absolute atomic E-state index is 0.00357. The van der Waals surface area contributed by atoms with Crippen molar-refractivity contribution in [2.75, 3.05) is 0 Å². The number of aromatic amines is 1.